The molecule has 3 aliphatic rings. The van der Waals surface area contributed by atoms with Gasteiger partial charge >= 0.3 is 0 Å². The average molecular weight is 1430 g/mol. The molecule has 0 atom stereocenters. The van der Waals surface area contributed by atoms with Gasteiger partial charge in [0.15, 0.2) is 24.8 Å². The topological polar surface area (TPSA) is 99.9 Å². The van der Waals surface area contributed by atoms with E-state index in [9.17, 15) is 0 Å². The van der Waals surface area contributed by atoms with Gasteiger partial charge < -0.3 is 22.7 Å². The molecule has 0 spiro atoms. The summed E-state index contributed by atoms with van der Waals surface area (Å²) in [6.07, 6.45) is 17.6. The molecule has 9 heterocycles. The second-order valence-electron chi connectivity index (χ2n) is 29.9. The minimum Gasteiger partial charge on any atom is -0.436 e. The average Bonchev–Trinajstić information content (AvgIpc) is 1.63. The van der Waals surface area contributed by atoms with E-state index in [-0.39, 0.29) is 0 Å². The van der Waals surface area contributed by atoms with Gasteiger partial charge in [-0.1, -0.05) is 91.0 Å². The van der Waals surface area contributed by atoms with Crippen molar-refractivity contribution in [3.05, 3.63) is 298 Å². The van der Waals surface area contributed by atoms with Crippen LogP contribution in [0.25, 0.3) is 135 Å². The number of aryl methyl sites for hydroxylation is 9. The first-order valence-corrected chi connectivity index (χ1v) is 38.3. The third kappa shape index (κ3) is 13.0. The van der Waals surface area contributed by atoms with E-state index in [1.165, 1.54) is 165 Å². The molecule has 0 fully saturated rings. The molecule has 9 aromatic heterocycles. The van der Waals surface area contributed by atoms with Crippen molar-refractivity contribution in [1.82, 2.24) is 38.2 Å². The Morgan fingerprint density at radius 3 is 1.27 bits per heavy atom. The molecule has 19 rings (SSSR count). The van der Waals surface area contributed by atoms with Gasteiger partial charge in [0, 0.05) is 150 Å². The second kappa shape index (κ2) is 29.5. The predicted molar refractivity (Wildman–Crippen MR) is 439 cm³/mol. The summed E-state index contributed by atoms with van der Waals surface area (Å²) in [6, 6.07) is 72.8. The lowest BCUT2D eigenvalue weighted by atomic mass is 9.89. The predicted octanol–water partition coefficient (Wildman–Crippen LogP) is 18.7. The van der Waals surface area contributed by atoms with Crippen LogP contribution in [0.2, 0.25) is 0 Å². The van der Waals surface area contributed by atoms with Crippen LogP contribution in [0.15, 0.2) is 235 Å². The number of pyridine rings is 4. The Labute approximate surface area is 640 Å². The van der Waals surface area contributed by atoms with Gasteiger partial charge in [0.2, 0.25) is 28.5 Å². The molecule has 0 unspecified atom stereocenters. The highest BCUT2D eigenvalue weighted by Gasteiger charge is 2.30. The highest BCUT2D eigenvalue weighted by molar-refractivity contribution is 6.03. The van der Waals surface area contributed by atoms with E-state index in [2.05, 4.69) is 341 Å². The second-order valence-corrected chi connectivity index (χ2v) is 29.9. The number of para-hydroxylation sites is 1. The summed E-state index contributed by atoms with van der Waals surface area (Å²) in [5, 5.41) is 1.09. The molecule has 109 heavy (non-hydrogen) atoms. The maximum absolute atomic E-state index is 5.97. The molecule has 0 bridgehead atoms. The Balaban J connectivity index is 0.000000111. The zero-order chi connectivity index (χ0) is 75.5. The maximum atomic E-state index is 5.97. The Hall–Kier alpha value is -12.2. The number of furan rings is 1. The highest BCUT2D eigenvalue weighted by Crippen LogP contribution is 2.43. The molecule has 13 heteroatoms. The molecule has 0 amide bonds. The van der Waals surface area contributed by atoms with Crippen LogP contribution in [-0.2, 0) is 88.5 Å². The monoisotopic (exact) mass is 1430 g/mol. The lowest BCUT2D eigenvalue weighted by molar-refractivity contribution is -0.660. The molecule has 13 nitrogen and oxygen atoms in total. The van der Waals surface area contributed by atoms with E-state index in [0.29, 0.717) is 5.71 Å². The van der Waals surface area contributed by atoms with Gasteiger partial charge in [-0.15, -0.1) is 0 Å². The minimum atomic E-state index is 0.684. The SMILES string of the molecule is Cc1c(-c2nc3c(n2C)CCC3)cccc1-c1cccc[n+]1C.Cc1c(-c2nc3c(n2C)Cc2ccccc2-3)cccc1-c1cccc[n+]1C.Cc1c(-c2nc3oc4ccccc4c3n2C)cccc1-c1cccc[n+]1C.Cc1cccc(C)c1-c1cc(-c2nc3c(n2C)CCCC3)c(C)c(-c2cccc[n+]2C)c1. The van der Waals surface area contributed by atoms with Crippen LogP contribution in [0.4, 0.5) is 0 Å². The summed E-state index contributed by atoms with van der Waals surface area (Å²) < 4.78 is 23.7. The van der Waals surface area contributed by atoms with Crippen molar-refractivity contribution < 1.29 is 22.7 Å². The Bertz CT molecular complexity index is 6180. The van der Waals surface area contributed by atoms with Gasteiger partial charge in [0.25, 0.3) is 0 Å². The third-order valence-electron chi connectivity index (χ3n) is 23.2. The van der Waals surface area contributed by atoms with Crippen LogP contribution < -0.4 is 18.3 Å². The first kappa shape index (κ1) is 71.1. The molecule has 0 aliphatic heterocycles. The molecule has 542 valence electrons. The number of aromatic nitrogens is 12. The number of nitrogens with zero attached hydrogens (tertiary/aromatic N) is 12. The third-order valence-corrected chi connectivity index (χ3v) is 23.2. The van der Waals surface area contributed by atoms with Crippen molar-refractivity contribution in [1.29, 1.82) is 0 Å². The molecular weight excluding hydrogens is 1340 g/mol. The summed E-state index contributed by atoms with van der Waals surface area (Å²) >= 11 is 0. The van der Waals surface area contributed by atoms with E-state index in [4.69, 9.17) is 24.4 Å². The molecule has 0 saturated heterocycles. The standard InChI is InChI=1S/C29H32N3.C24H22N3.C23H20N3O.C20H22N3/c1-19-11-10-12-20(2)28(19)22-17-23(26-14-8-9-16-31(26)4)21(3)24(18-22)29-30-25-13-6-7-15-27(25)32(29)5;1-16-18(21-13-6-7-14-26(21)2)11-8-12-19(16)24-25-23-20-10-5-4-9-17(20)15-22(23)27(24)3;1-15-16(19-12-6-7-14-25(19)2)10-8-11-17(15)22-24-23-21(26(22)3)18-9-4-5-13-20(18)27-23;1-14-15(18-11-4-5-13-22(18)2)8-6-9-16(14)20-21-17-10-7-12-19(17)23(20)3/h8-12,14,16-18H,6-7,13,15H2,1-5H3;4-14H,15H2,1-3H3;4-14H,1-3H3;4-6,8-9,11,13H,7,10,12H2,1-3H3/q4*+1. The zero-order valence-corrected chi connectivity index (χ0v) is 65.4. The van der Waals surface area contributed by atoms with Crippen molar-refractivity contribution in [2.24, 2.45) is 56.4 Å². The molecule has 16 aromatic rings. The van der Waals surface area contributed by atoms with E-state index < -0.39 is 0 Å². The fraction of sp³-hybridized carbons (Fsp3) is 0.229. The van der Waals surface area contributed by atoms with Crippen LogP contribution in [0.3, 0.4) is 0 Å². The van der Waals surface area contributed by atoms with Crippen molar-refractivity contribution in [2.45, 2.75) is 92.9 Å². The number of rotatable bonds is 9. The lowest BCUT2D eigenvalue weighted by Crippen LogP contribution is -2.30. The molecule has 3 aliphatic carbocycles. The lowest BCUT2D eigenvalue weighted by Gasteiger charge is -2.17. The van der Waals surface area contributed by atoms with E-state index >= 15 is 0 Å². The van der Waals surface area contributed by atoms with Crippen LogP contribution in [0.5, 0.6) is 0 Å². The highest BCUT2D eigenvalue weighted by atomic mass is 16.3. The molecule has 7 aromatic carbocycles. The first-order valence-electron chi connectivity index (χ1n) is 38.3. The van der Waals surface area contributed by atoms with Crippen molar-refractivity contribution in [3.63, 3.8) is 0 Å². The number of fused-ring (bicyclic) bond motifs is 8. The summed E-state index contributed by atoms with van der Waals surface area (Å²) in [5.74, 6) is 4.18. The Morgan fingerprint density at radius 2 is 0.734 bits per heavy atom. The van der Waals surface area contributed by atoms with Gasteiger partial charge in [-0.05, 0) is 203 Å². The summed E-state index contributed by atoms with van der Waals surface area (Å²) in [7, 11) is 16.9. The van der Waals surface area contributed by atoms with Gasteiger partial charge in [0.1, 0.15) is 62.6 Å². The van der Waals surface area contributed by atoms with Crippen molar-refractivity contribution in [2.75, 3.05) is 0 Å². The van der Waals surface area contributed by atoms with Gasteiger partial charge in [-0.2, -0.15) is 4.98 Å². The fourth-order valence-electron chi connectivity index (χ4n) is 17.2. The largest absolute Gasteiger partial charge is 0.436 e. The van der Waals surface area contributed by atoms with Crippen LogP contribution >= 0.6 is 0 Å². The Morgan fingerprint density at radius 1 is 0.339 bits per heavy atom. The zero-order valence-electron chi connectivity index (χ0n) is 65.4. The Kier molecular flexibility index (Phi) is 19.2. The quantitative estimate of drug-likeness (QED) is 0.134. The minimum absolute atomic E-state index is 0.684. The van der Waals surface area contributed by atoms with Crippen LogP contribution in [-0.4, -0.2) is 38.2 Å². The van der Waals surface area contributed by atoms with Gasteiger partial charge in [-0.3, -0.25) is 0 Å². The molecule has 0 N–H and O–H groups in total. The van der Waals surface area contributed by atoms with Crippen LogP contribution in [0, 0.1) is 41.5 Å². The summed E-state index contributed by atoms with van der Waals surface area (Å²) in [5.41, 5.74) is 38.0. The van der Waals surface area contributed by atoms with E-state index in [1.54, 1.807) is 0 Å². The molecule has 0 saturated carbocycles. The molecule has 0 radical (unpaired) electrons. The van der Waals surface area contributed by atoms with Gasteiger partial charge in [0.05, 0.1) is 22.6 Å². The first-order chi connectivity index (χ1) is 52.9. The van der Waals surface area contributed by atoms with Crippen molar-refractivity contribution >= 4 is 22.2 Å². The summed E-state index contributed by atoms with van der Waals surface area (Å²) in [4.78, 5) is 20.0. The smallest absolute Gasteiger partial charge is 0.246 e. The maximum Gasteiger partial charge on any atom is 0.246 e. The number of hydrogen-bond donors (Lipinski definition) is 0. The fourth-order valence-corrected chi connectivity index (χ4v) is 17.2. The molecular formula is C96H96N12O+4. The summed E-state index contributed by atoms with van der Waals surface area (Å²) in [6.45, 7) is 13.2. The number of benzene rings is 7. The number of hydrogen-bond acceptors (Lipinski definition) is 5. The van der Waals surface area contributed by atoms with Crippen molar-refractivity contribution in [3.8, 4) is 113 Å². The normalized spacial score (nSPS) is 12.6. The van der Waals surface area contributed by atoms with Gasteiger partial charge in [-0.25, -0.2) is 33.2 Å². The number of imidazole rings is 4. The van der Waals surface area contributed by atoms with E-state index in [0.717, 1.165) is 83.1 Å². The van der Waals surface area contributed by atoms with E-state index in [1.807, 2.05) is 24.3 Å². The van der Waals surface area contributed by atoms with Crippen LogP contribution in [0.1, 0.15) is 86.7 Å².